The lowest BCUT2D eigenvalue weighted by molar-refractivity contribution is -0.0440. The first-order chi connectivity index (χ1) is 15.3. The molecule has 0 N–H and O–H groups in total. The van der Waals surface area contributed by atoms with E-state index in [1.165, 1.54) is 21.3 Å². The molecule has 1 aliphatic carbocycles. The smallest absolute Gasteiger partial charge is 0.260 e. The third kappa shape index (κ3) is 4.66. The van der Waals surface area contributed by atoms with Gasteiger partial charge in [0.15, 0.2) is 5.13 Å². The van der Waals surface area contributed by atoms with Crippen molar-refractivity contribution < 1.29 is 17.9 Å². The van der Waals surface area contributed by atoms with Gasteiger partial charge in [-0.3, -0.25) is 9.69 Å². The molecule has 172 valence electrons. The number of aromatic nitrogens is 1. The highest BCUT2D eigenvalue weighted by Gasteiger charge is 2.32. The molecule has 1 aromatic carbocycles. The van der Waals surface area contributed by atoms with Crippen molar-refractivity contribution in [2.45, 2.75) is 56.6 Å². The first kappa shape index (κ1) is 23.1. The van der Waals surface area contributed by atoms with Gasteiger partial charge in [0.1, 0.15) is 0 Å². The van der Waals surface area contributed by atoms with Crippen molar-refractivity contribution in [1.82, 2.24) is 9.29 Å². The molecule has 2 atom stereocenters. The number of morpholine rings is 1. The van der Waals surface area contributed by atoms with Crippen LogP contribution < -0.4 is 4.90 Å². The molecule has 4 rings (SSSR count). The minimum atomic E-state index is -3.65. The summed E-state index contributed by atoms with van der Waals surface area (Å²) in [6.07, 6.45) is 5.60. The van der Waals surface area contributed by atoms with E-state index in [0.717, 1.165) is 31.4 Å². The maximum atomic E-state index is 13.3. The number of fused-ring (bicyclic) bond motifs is 1. The van der Waals surface area contributed by atoms with E-state index in [2.05, 4.69) is 6.58 Å². The number of amides is 1. The van der Waals surface area contributed by atoms with Crippen molar-refractivity contribution >= 4 is 32.4 Å². The molecule has 1 saturated heterocycles. The number of rotatable bonds is 6. The third-order valence-electron chi connectivity index (χ3n) is 5.75. The Hall–Kier alpha value is -2.07. The van der Waals surface area contributed by atoms with Crippen LogP contribution in [0.3, 0.4) is 0 Å². The highest BCUT2D eigenvalue weighted by atomic mass is 32.2. The van der Waals surface area contributed by atoms with Crippen molar-refractivity contribution in [3.05, 3.63) is 53.1 Å². The van der Waals surface area contributed by atoms with E-state index in [4.69, 9.17) is 9.72 Å². The number of aryl methyl sites for hydroxylation is 2. The molecule has 0 spiro atoms. The van der Waals surface area contributed by atoms with Crippen LogP contribution in [0.4, 0.5) is 5.13 Å². The molecule has 0 bridgehead atoms. The second kappa shape index (κ2) is 9.43. The molecule has 2 heterocycles. The molecule has 1 amide bonds. The Bertz CT molecular complexity index is 1060. The van der Waals surface area contributed by atoms with E-state index in [0.29, 0.717) is 30.3 Å². The summed E-state index contributed by atoms with van der Waals surface area (Å²) in [5, 5.41) is 0.676. The van der Waals surface area contributed by atoms with Gasteiger partial charge in [0.2, 0.25) is 10.0 Å². The Morgan fingerprint density at radius 1 is 1.22 bits per heavy atom. The van der Waals surface area contributed by atoms with Crippen molar-refractivity contribution in [2.24, 2.45) is 0 Å². The summed E-state index contributed by atoms with van der Waals surface area (Å²) in [4.78, 5) is 21.0. The predicted molar refractivity (Wildman–Crippen MR) is 126 cm³/mol. The van der Waals surface area contributed by atoms with E-state index < -0.39 is 10.0 Å². The number of carbonyl (C=O) groups is 1. The number of nitrogens with zero attached hydrogens (tertiary/aromatic N) is 3. The van der Waals surface area contributed by atoms with Gasteiger partial charge in [0, 0.05) is 30.1 Å². The number of carbonyl (C=O) groups excluding carboxylic acids is 1. The third-order valence-corrected chi connectivity index (χ3v) is 8.77. The van der Waals surface area contributed by atoms with Gasteiger partial charge in [-0.2, -0.15) is 4.31 Å². The number of anilines is 1. The molecule has 9 heteroatoms. The SMILES string of the molecule is C=CCN(C(=O)c1ccc(S(=O)(=O)N2C[C@H](C)O[C@@H](C)C2)cc1)c1nc2c(s1)CCCC2. The summed E-state index contributed by atoms with van der Waals surface area (Å²) in [6, 6.07) is 6.16. The van der Waals surface area contributed by atoms with E-state index in [9.17, 15) is 13.2 Å². The topological polar surface area (TPSA) is 79.8 Å². The maximum Gasteiger partial charge on any atom is 0.260 e. The highest BCUT2D eigenvalue weighted by molar-refractivity contribution is 7.89. The molecule has 0 saturated carbocycles. The summed E-state index contributed by atoms with van der Waals surface area (Å²) < 4.78 is 33.3. The van der Waals surface area contributed by atoms with Crippen LogP contribution in [-0.2, 0) is 27.6 Å². The van der Waals surface area contributed by atoms with Gasteiger partial charge < -0.3 is 4.74 Å². The molecule has 0 radical (unpaired) electrons. The Morgan fingerprint density at radius 2 is 1.88 bits per heavy atom. The second-order valence-electron chi connectivity index (χ2n) is 8.38. The largest absolute Gasteiger partial charge is 0.373 e. The first-order valence-electron chi connectivity index (χ1n) is 11.0. The maximum absolute atomic E-state index is 13.3. The molecule has 2 aliphatic rings. The van der Waals surface area contributed by atoms with E-state index in [1.807, 2.05) is 13.8 Å². The average Bonchev–Trinajstić information content (AvgIpc) is 3.20. The van der Waals surface area contributed by atoms with Crippen LogP contribution in [0.15, 0.2) is 41.8 Å². The van der Waals surface area contributed by atoms with E-state index in [-0.39, 0.29) is 23.0 Å². The minimum absolute atomic E-state index is 0.161. The number of ether oxygens (including phenoxy) is 1. The molecule has 32 heavy (non-hydrogen) atoms. The predicted octanol–water partition coefficient (Wildman–Crippen LogP) is 3.65. The van der Waals surface area contributed by atoms with Crippen LogP contribution in [0.5, 0.6) is 0 Å². The molecule has 2 aromatic rings. The Morgan fingerprint density at radius 3 is 2.50 bits per heavy atom. The molecule has 1 fully saturated rings. The van der Waals surface area contributed by atoms with Crippen LogP contribution in [0.1, 0.15) is 47.6 Å². The fourth-order valence-electron chi connectivity index (χ4n) is 4.23. The minimum Gasteiger partial charge on any atom is -0.373 e. The number of benzene rings is 1. The summed E-state index contributed by atoms with van der Waals surface area (Å²) >= 11 is 1.56. The van der Waals surface area contributed by atoms with Crippen LogP contribution in [0.2, 0.25) is 0 Å². The van der Waals surface area contributed by atoms with Crippen molar-refractivity contribution in [2.75, 3.05) is 24.5 Å². The van der Waals surface area contributed by atoms with Crippen LogP contribution in [0.25, 0.3) is 0 Å². The van der Waals surface area contributed by atoms with Crippen LogP contribution >= 0.6 is 11.3 Å². The zero-order valence-corrected chi connectivity index (χ0v) is 20.1. The van der Waals surface area contributed by atoms with Crippen LogP contribution in [0, 0.1) is 0 Å². The van der Waals surface area contributed by atoms with Gasteiger partial charge in [-0.15, -0.1) is 17.9 Å². The molecule has 0 unspecified atom stereocenters. The summed E-state index contributed by atoms with van der Waals surface area (Å²) in [6.45, 7) is 8.48. The molecule has 1 aliphatic heterocycles. The van der Waals surface area contributed by atoms with Gasteiger partial charge in [0.25, 0.3) is 5.91 Å². The molecular formula is C23H29N3O4S2. The summed E-state index contributed by atoms with van der Waals surface area (Å²) in [5.41, 5.74) is 1.51. The standard InChI is InChI=1S/C23H29N3O4S2/c1-4-13-26(23-24-20-7-5-6-8-21(20)31-23)22(27)18-9-11-19(12-10-18)32(28,29)25-14-16(2)30-17(3)15-25/h4,9-12,16-17H,1,5-8,13-15H2,2-3H3/t16-,17-/m0/s1. The normalized spacial score (nSPS) is 21.7. The van der Waals surface area contributed by atoms with Crippen molar-refractivity contribution in [1.29, 1.82) is 0 Å². The lowest BCUT2D eigenvalue weighted by Gasteiger charge is -2.34. The lowest BCUT2D eigenvalue weighted by Crippen LogP contribution is -2.48. The highest BCUT2D eigenvalue weighted by Crippen LogP contribution is 2.32. The summed E-state index contributed by atoms with van der Waals surface area (Å²) in [7, 11) is -3.65. The molecule has 1 aromatic heterocycles. The van der Waals surface area contributed by atoms with Gasteiger partial charge >= 0.3 is 0 Å². The number of hydrogen-bond donors (Lipinski definition) is 0. The van der Waals surface area contributed by atoms with Gasteiger partial charge in [-0.05, 0) is 63.8 Å². The Kier molecular flexibility index (Phi) is 6.80. The van der Waals surface area contributed by atoms with Gasteiger partial charge in [-0.1, -0.05) is 6.08 Å². The zero-order chi connectivity index (χ0) is 22.9. The second-order valence-corrected chi connectivity index (χ2v) is 11.4. The summed E-state index contributed by atoms with van der Waals surface area (Å²) in [5.74, 6) is -0.214. The Labute approximate surface area is 193 Å². The first-order valence-corrected chi connectivity index (χ1v) is 13.2. The van der Waals surface area contributed by atoms with Crippen LogP contribution in [-0.4, -0.2) is 55.5 Å². The van der Waals surface area contributed by atoms with E-state index in [1.54, 1.807) is 34.4 Å². The fourth-order valence-corrected chi connectivity index (χ4v) is 6.98. The van der Waals surface area contributed by atoms with Gasteiger partial charge in [-0.25, -0.2) is 13.4 Å². The lowest BCUT2D eigenvalue weighted by atomic mass is 10.0. The molecular weight excluding hydrogens is 446 g/mol. The molecule has 7 nitrogen and oxygen atoms in total. The number of thiazole rings is 1. The fraction of sp³-hybridized carbons (Fsp3) is 0.478. The Balaban J connectivity index is 1.56. The zero-order valence-electron chi connectivity index (χ0n) is 18.5. The number of sulfonamides is 1. The monoisotopic (exact) mass is 475 g/mol. The number of hydrogen-bond acceptors (Lipinski definition) is 6. The average molecular weight is 476 g/mol. The van der Waals surface area contributed by atoms with Crippen molar-refractivity contribution in [3.63, 3.8) is 0 Å². The van der Waals surface area contributed by atoms with E-state index >= 15 is 0 Å². The van der Waals surface area contributed by atoms with Crippen molar-refractivity contribution in [3.8, 4) is 0 Å². The van der Waals surface area contributed by atoms with Gasteiger partial charge in [0.05, 0.1) is 22.8 Å². The quantitative estimate of drug-likeness (QED) is 0.596.